The van der Waals surface area contributed by atoms with Crippen LogP contribution in [-0.2, 0) is 24.1 Å². The molecule has 0 saturated carbocycles. The summed E-state index contributed by atoms with van der Waals surface area (Å²) in [5.74, 6) is -0.976. The number of hydrogen-bond acceptors (Lipinski definition) is 4. The van der Waals surface area contributed by atoms with Crippen molar-refractivity contribution in [1.82, 2.24) is 24.5 Å². The van der Waals surface area contributed by atoms with Gasteiger partial charge in [-0.3, -0.25) is 14.8 Å². The molecule has 3 aromatic rings. The molecule has 0 spiro atoms. The Bertz CT molecular complexity index is 1010. The lowest BCUT2D eigenvalue weighted by molar-refractivity contribution is -0.141. The van der Waals surface area contributed by atoms with Gasteiger partial charge in [-0.05, 0) is 24.6 Å². The van der Waals surface area contributed by atoms with Crippen LogP contribution in [0.5, 0.6) is 0 Å². The van der Waals surface area contributed by atoms with Crippen LogP contribution in [0, 0.1) is 12.8 Å². The van der Waals surface area contributed by atoms with Crippen LogP contribution in [0.2, 0.25) is 5.02 Å². The summed E-state index contributed by atoms with van der Waals surface area (Å²) in [6.07, 6.45) is -3.07. The maximum atomic E-state index is 12.8. The fourth-order valence-corrected chi connectivity index (χ4v) is 2.83. The summed E-state index contributed by atoms with van der Waals surface area (Å²) in [5.41, 5.74) is 0.182. The van der Waals surface area contributed by atoms with Crippen LogP contribution in [0.25, 0.3) is 0 Å². The van der Waals surface area contributed by atoms with E-state index >= 15 is 0 Å². The lowest BCUT2D eigenvalue weighted by atomic mass is 10.1. The molecule has 0 fully saturated rings. The van der Waals surface area contributed by atoms with E-state index in [1.54, 1.807) is 13.0 Å². The van der Waals surface area contributed by atoms with Crippen molar-refractivity contribution in [3.8, 4) is 0 Å². The second-order valence-electron chi connectivity index (χ2n) is 6.60. The van der Waals surface area contributed by atoms with Crippen LogP contribution in [0.15, 0.2) is 36.7 Å². The van der Waals surface area contributed by atoms with Crippen molar-refractivity contribution >= 4 is 23.5 Å². The van der Waals surface area contributed by atoms with Crippen LogP contribution >= 0.6 is 11.6 Å². The number of benzene rings is 1. The quantitative estimate of drug-likeness (QED) is 0.650. The van der Waals surface area contributed by atoms with E-state index < -0.39 is 23.7 Å². The van der Waals surface area contributed by atoms with E-state index in [0.717, 1.165) is 16.3 Å². The molecule has 0 aliphatic carbocycles. The lowest BCUT2D eigenvalue weighted by Crippen LogP contribution is -2.26. The van der Waals surface area contributed by atoms with E-state index in [1.807, 2.05) is 18.2 Å². The van der Waals surface area contributed by atoms with Gasteiger partial charge in [0.25, 0.3) is 0 Å². The molecule has 11 heteroatoms. The van der Waals surface area contributed by atoms with Gasteiger partial charge in [-0.1, -0.05) is 36.7 Å². The molecule has 2 heterocycles. The summed E-state index contributed by atoms with van der Waals surface area (Å²) < 4.78 is 41.0. The molecule has 0 radical (unpaired) electrons. The summed E-state index contributed by atoms with van der Waals surface area (Å²) in [6, 6.07) is 8.23. The highest BCUT2D eigenvalue weighted by Gasteiger charge is 2.34. The first-order valence-electron chi connectivity index (χ1n) is 8.69. The van der Waals surface area contributed by atoms with E-state index in [-0.39, 0.29) is 12.5 Å². The van der Waals surface area contributed by atoms with Crippen LogP contribution in [-0.4, -0.2) is 30.5 Å². The van der Waals surface area contributed by atoms with Gasteiger partial charge >= 0.3 is 6.18 Å². The molecule has 3 rings (SSSR count). The topological polar surface area (TPSA) is 77.6 Å². The number of aromatic nitrogens is 5. The molecule has 1 aromatic carbocycles. The van der Waals surface area contributed by atoms with Crippen LogP contribution in [0.3, 0.4) is 0 Å². The number of nitrogens with one attached hydrogen (secondary N) is 1. The number of carbonyl (C=O) groups excluding carboxylic acids is 1. The third kappa shape index (κ3) is 5.14. The van der Waals surface area contributed by atoms with Gasteiger partial charge in [0.1, 0.15) is 6.33 Å². The third-order valence-electron chi connectivity index (χ3n) is 4.23. The van der Waals surface area contributed by atoms with Gasteiger partial charge in [-0.2, -0.15) is 18.3 Å². The van der Waals surface area contributed by atoms with E-state index in [2.05, 4.69) is 20.5 Å². The summed E-state index contributed by atoms with van der Waals surface area (Å²) >= 11 is 6.12. The Kier molecular flexibility index (Phi) is 5.92. The SMILES string of the molecule is Cc1cc(C(F)(F)F)nn1CC(C)C(=O)Nc1ncn(Cc2ccccc2Cl)n1. The molecule has 154 valence electrons. The Morgan fingerprint density at radius 1 is 1.28 bits per heavy atom. The number of carbonyl (C=O) groups is 1. The van der Waals surface area contributed by atoms with Crippen molar-refractivity contribution in [2.45, 2.75) is 33.1 Å². The Morgan fingerprint density at radius 2 is 2.00 bits per heavy atom. The molecule has 1 unspecified atom stereocenters. The highest BCUT2D eigenvalue weighted by molar-refractivity contribution is 6.31. The number of aryl methyl sites for hydroxylation is 1. The van der Waals surface area contributed by atoms with E-state index in [0.29, 0.717) is 17.3 Å². The minimum Gasteiger partial charge on any atom is -0.293 e. The normalized spacial score (nSPS) is 12.8. The first kappa shape index (κ1) is 20.8. The Morgan fingerprint density at radius 3 is 2.66 bits per heavy atom. The minimum atomic E-state index is -4.53. The number of anilines is 1. The van der Waals surface area contributed by atoms with Crippen LogP contribution < -0.4 is 5.32 Å². The van der Waals surface area contributed by atoms with Crippen molar-refractivity contribution < 1.29 is 18.0 Å². The number of nitrogens with zero attached hydrogens (tertiary/aromatic N) is 5. The number of halogens is 4. The summed E-state index contributed by atoms with van der Waals surface area (Å²) in [7, 11) is 0. The average Bonchev–Trinajstić information content (AvgIpc) is 3.23. The molecule has 0 aliphatic heterocycles. The zero-order valence-electron chi connectivity index (χ0n) is 15.6. The minimum absolute atomic E-state index is 0.00587. The second-order valence-corrected chi connectivity index (χ2v) is 7.01. The van der Waals surface area contributed by atoms with Crippen molar-refractivity contribution in [3.63, 3.8) is 0 Å². The van der Waals surface area contributed by atoms with Gasteiger partial charge in [0.15, 0.2) is 5.69 Å². The second kappa shape index (κ2) is 8.24. The monoisotopic (exact) mass is 426 g/mol. The van der Waals surface area contributed by atoms with Gasteiger partial charge in [0.05, 0.1) is 19.0 Å². The van der Waals surface area contributed by atoms with Crippen LogP contribution in [0.4, 0.5) is 19.1 Å². The molecule has 29 heavy (non-hydrogen) atoms. The molecule has 1 atom stereocenters. The summed E-state index contributed by atoms with van der Waals surface area (Å²) in [4.78, 5) is 16.4. The Balaban J connectivity index is 1.61. The Labute approximate surface area is 169 Å². The molecule has 7 nitrogen and oxygen atoms in total. The van der Waals surface area contributed by atoms with Crippen molar-refractivity contribution in [1.29, 1.82) is 0 Å². The highest BCUT2D eigenvalue weighted by Crippen LogP contribution is 2.28. The van der Waals surface area contributed by atoms with Gasteiger partial charge in [0, 0.05) is 10.7 Å². The van der Waals surface area contributed by atoms with E-state index in [4.69, 9.17) is 11.6 Å². The number of amides is 1. The fourth-order valence-electron chi connectivity index (χ4n) is 2.64. The molecule has 0 bridgehead atoms. The van der Waals surface area contributed by atoms with Crippen molar-refractivity contribution in [3.05, 3.63) is 58.6 Å². The fraction of sp³-hybridized carbons (Fsp3) is 0.333. The van der Waals surface area contributed by atoms with Gasteiger partial charge < -0.3 is 0 Å². The van der Waals surface area contributed by atoms with E-state index in [9.17, 15) is 18.0 Å². The average molecular weight is 427 g/mol. The zero-order valence-corrected chi connectivity index (χ0v) is 16.4. The lowest BCUT2D eigenvalue weighted by Gasteiger charge is -2.12. The molecule has 1 N–H and O–H groups in total. The van der Waals surface area contributed by atoms with E-state index in [1.165, 1.54) is 17.9 Å². The molecule has 1 amide bonds. The molecule has 0 saturated heterocycles. The number of alkyl halides is 3. The number of rotatable bonds is 6. The summed E-state index contributed by atoms with van der Waals surface area (Å²) in [6.45, 7) is 3.47. The summed E-state index contributed by atoms with van der Waals surface area (Å²) in [5, 5.41) is 10.9. The zero-order chi connectivity index (χ0) is 21.2. The smallest absolute Gasteiger partial charge is 0.293 e. The predicted molar refractivity (Wildman–Crippen MR) is 100 cm³/mol. The van der Waals surface area contributed by atoms with Crippen molar-refractivity contribution in [2.24, 2.45) is 5.92 Å². The number of hydrogen-bond donors (Lipinski definition) is 1. The highest BCUT2D eigenvalue weighted by atomic mass is 35.5. The largest absolute Gasteiger partial charge is 0.435 e. The maximum absolute atomic E-state index is 12.8. The molecular formula is C18H18ClF3N6O. The standard InChI is InChI=1S/C18H18ClF3N6O/c1-11(8-28-12(2)7-15(25-28)18(20,21)22)16(29)24-17-23-10-27(26-17)9-13-5-3-4-6-14(13)19/h3-7,10-11H,8-9H2,1-2H3,(H,24,26,29). The van der Waals surface area contributed by atoms with Crippen LogP contribution in [0.1, 0.15) is 23.9 Å². The first-order chi connectivity index (χ1) is 13.6. The maximum Gasteiger partial charge on any atom is 0.435 e. The Hall–Kier alpha value is -2.88. The van der Waals surface area contributed by atoms with Crippen molar-refractivity contribution in [2.75, 3.05) is 5.32 Å². The predicted octanol–water partition coefficient (Wildman–Crippen LogP) is 3.78. The first-order valence-corrected chi connectivity index (χ1v) is 9.06. The third-order valence-corrected chi connectivity index (χ3v) is 4.60. The van der Waals surface area contributed by atoms with Gasteiger partial charge in [-0.25, -0.2) is 9.67 Å². The molecule has 2 aromatic heterocycles. The molecular weight excluding hydrogens is 409 g/mol. The molecule has 0 aliphatic rings. The van der Waals surface area contributed by atoms with Gasteiger partial charge in [-0.15, -0.1) is 5.10 Å². The van der Waals surface area contributed by atoms with Gasteiger partial charge in [0.2, 0.25) is 11.9 Å².